The van der Waals surface area contributed by atoms with Gasteiger partial charge in [0.2, 0.25) is 0 Å². The number of nitrogens with one attached hydrogen (secondary N) is 1. The minimum absolute atomic E-state index is 0.152. The Hall–Kier alpha value is -2.34. The first-order chi connectivity index (χ1) is 19.2. The molecule has 0 bridgehead atoms. The molecule has 1 aromatic carbocycles. The lowest BCUT2D eigenvalue weighted by Gasteiger charge is -2.27. The molecule has 0 spiro atoms. The molecule has 0 amide bonds. The van der Waals surface area contributed by atoms with Gasteiger partial charge in [-0.25, -0.2) is 4.98 Å². The molecule has 7 nitrogen and oxygen atoms in total. The van der Waals surface area contributed by atoms with Crippen LogP contribution in [0.1, 0.15) is 71.7 Å². The maximum Gasteiger partial charge on any atom is 0.323 e. The molecule has 1 saturated heterocycles. The van der Waals surface area contributed by atoms with Gasteiger partial charge in [-0.05, 0) is 94.3 Å². The standard InChI is InChI=1S/C32H48N3O4P/c1-8-26(17-22(4)30(36)10-3)31-34-28-18-25(19-33-27(9-2)32(37)39-23(5)21-38-6)11-12-29(28)35(31)20-24-13-15-40(7)16-14-24/h8,11-12,17-18,23-24,27,33H,9-10,13-16,19-21H2,1-7H3/b22-17-,26-8+. The average molecular weight is 570 g/mol. The first-order valence-corrected chi connectivity index (χ1v) is 16.8. The number of fused-ring (bicyclic) bond motifs is 1. The van der Waals surface area contributed by atoms with Gasteiger partial charge in [-0.3, -0.25) is 9.59 Å². The molecule has 2 unspecified atom stereocenters. The number of ketones is 1. The number of methoxy groups -OCH3 is 1. The molecule has 1 N–H and O–H groups in total. The second-order valence-electron chi connectivity index (χ2n) is 11.0. The van der Waals surface area contributed by atoms with Crippen LogP contribution in [0, 0.1) is 5.92 Å². The van der Waals surface area contributed by atoms with Gasteiger partial charge in [-0.1, -0.05) is 26.0 Å². The number of carbonyl (C=O) groups excluding carboxylic acids is 2. The fraction of sp³-hybridized carbons (Fsp3) is 0.594. The van der Waals surface area contributed by atoms with E-state index in [0.29, 0.717) is 31.9 Å². The molecule has 8 heteroatoms. The van der Waals surface area contributed by atoms with Crippen LogP contribution in [-0.4, -0.2) is 66.2 Å². The Morgan fingerprint density at radius 3 is 2.60 bits per heavy atom. The van der Waals surface area contributed by atoms with Crippen LogP contribution in [0.2, 0.25) is 0 Å². The smallest absolute Gasteiger partial charge is 0.323 e. The highest BCUT2D eigenvalue weighted by Gasteiger charge is 2.23. The molecule has 1 aromatic heterocycles. The van der Waals surface area contributed by atoms with Crippen molar-refractivity contribution in [2.75, 3.05) is 32.7 Å². The third-order valence-electron chi connectivity index (χ3n) is 7.76. The number of carbonyl (C=O) groups is 2. The van der Waals surface area contributed by atoms with Crippen molar-refractivity contribution in [2.24, 2.45) is 5.92 Å². The van der Waals surface area contributed by atoms with Crippen molar-refractivity contribution in [3.63, 3.8) is 0 Å². The number of Topliss-reactive ketones (excluding diaryl/α,β-unsaturated/α-hetero) is 1. The fourth-order valence-electron chi connectivity index (χ4n) is 5.25. The maximum absolute atomic E-state index is 12.6. The van der Waals surface area contributed by atoms with Gasteiger partial charge in [0.05, 0.1) is 17.6 Å². The van der Waals surface area contributed by atoms with Crippen LogP contribution in [-0.2, 0) is 32.2 Å². The summed E-state index contributed by atoms with van der Waals surface area (Å²) in [7, 11) is 1.78. The van der Waals surface area contributed by atoms with Crippen molar-refractivity contribution in [3.05, 3.63) is 47.3 Å². The first-order valence-electron chi connectivity index (χ1n) is 14.7. The van der Waals surface area contributed by atoms with Crippen molar-refractivity contribution in [1.29, 1.82) is 0 Å². The molecule has 2 heterocycles. The Kier molecular flexibility index (Phi) is 12.6. The summed E-state index contributed by atoms with van der Waals surface area (Å²) in [4.78, 5) is 30.1. The fourth-order valence-corrected chi connectivity index (χ4v) is 7.08. The molecule has 0 saturated carbocycles. The molecule has 1 aliphatic rings. The second kappa shape index (κ2) is 15.6. The lowest BCUT2D eigenvalue weighted by atomic mass is 10.0. The zero-order chi connectivity index (χ0) is 29.2. The number of ether oxygens (including phenoxy) is 2. The highest BCUT2D eigenvalue weighted by atomic mass is 31.1. The van der Waals surface area contributed by atoms with Crippen molar-refractivity contribution in [2.45, 2.75) is 85.5 Å². The number of aromatic nitrogens is 2. The summed E-state index contributed by atoms with van der Waals surface area (Å²) in [6.07, 6.45) is 10.1. The van der Waals surface area contributed by atoms with E-state index in [9.17, 15) is 9.59 Å². The summed E-state index contributed by atoms with van der Waals surface area (Å²) in [5.74, 6) is 1.44. The molecule has 2 aromatic rings. The largest absolute Gasteiger partial charge is 0.459 e. The lowest BCUT2D eigenvalue weighted by molar-refractivity contribution is -0.153. The lowest BCUT2D eigenvalue weighted by Crippen LogP contribution is -2.39. The number of esters is 1. The van der Waals surface area contributed by atoms with Gasteiger partial charge in [-0.15, -0.1) is 7.92 Å². The van der Waals surface area contributed by atoms with Crippen molar-refractivity contribution < 1.29 is 19.1 Å². The summed E-state index contributed by atoms with van der Waals surface area (Å²) >= 11 is 0. The van der Waals surface area contributed by atoms with Crippen molar-refractivity contribution >= 4 is 36.3 Å². The molecule has 0 radical (unpaired) electrons. The molecule has 40 heavy (non-hydrogen) atoms. The number of imidazole rings is 1. The Labute approximate surface area is 241 Å². The zero-order valence-corrected chi connectivity index (χ0v) is 26.4. The molecule has 0 aliphatic carbocycles. The highest BCUT2D eigenvalue weighted by Crippen LogP contribution is 2.41. The highest BCUT2D eigenvalue weighted by molar-refractivity contribution is 7.56. The van der Waals surface area contributed by atoms with Crippen LogP contribution < -0.4 is 5.32 Å². The van der Waals surface area contributed by atoms with Gasteiger partial charge in [0.15, 0.2) is 5.78 Å². The predicted molar refractivity (Wildman–Crippen MR) is 166 cm³/mol. The average Bonchev–Trinajstić information content (AvgIpc) is 3.29. The van der Waals surface area contributed by atoms with E-state index in [4.69, 9.17) is 14.5 Å². The molecule has 1 aliphatic heterocycles. The Morgan fingerprint density at radius 1 is 1.25 bits per heavy atom. The number of nitrogens with zero attached hydrogens (tertiary/aromatic N) is 2. The van der Waals surface area contributed by atoms with Crippen LogP contribution in [0.3, 0.4) is 0 Å². The van der Waals surface area contributed by atoms with Gasteiger partial charge >= 0.3 is 5.97 Å². The normalized spacial score (nSPS) is 20.0. The van der Waals surface area contributed by atoms with E-state index in [1.165, 1.54) is 25.2 Å². The third kappa shape index (κ3) is 8.58. The van der Waals surface area contributed by atoms with E-state index in [1.807, 2.05) is 40.7 Å². The SMILES string of the molecule is C/C=C(\C=C(\C)C(=O)CC)c1nc2cc(CNC(CC)C(=O)OC(C)COC)ccc2n1CC1CCP(C)CC1. The Bertz CT molecular complexity index is 1210. The van der Waals surface area contributed by atoms with Gasteiger partial charge < -0.3 is 19.4 Å². The molecular weight excluding hydrogens is 521 g/mol. The van der Waals surface area contributed by atoms with Gasteiger partial charge in [0.1, 0.15) is 18.0 Å². The number of benzene rings is 1. The Morgan fingerprint density at radius 2 is 1.98 bits per heavy atom. The van der Waals surface area contributed by atoms with Crippen LogP contribution >= 0.6 is 7.92 Å². The number of rotatable bonds is 14. The number of allylic oxidation sites excluding steroid dienone is 4. The van der Waals surface area contributed by atoms with E-state index in [-0.39, 0.29) is 25.8 Å². The van der Waals surface area contributed by atoms with E-state index in [0.717, 1.165) is 40.1 Å². The summed E-state index contributed by atoms with van der Waals surface area (Å²) in [5, 5.41) is 3.36. The molecule has 220 valence electrons. The minimum Gasteiger partial charge on any atom is -0.459 e. The summed E-state index contributed by atoms with van der Waals surface area (Å²) in [6, 6.07) is 5.99. The van der Waals surface area contributed by atoms with Crippen molar-refractivity contribution in [1.82, 2.24) is 14.9 Å². The monoisotopic (exact) mass is 569 g/mol. The van der Waals surface area contributed by atoms with E-state index >= 15 is 0 Å². The third-order valence-corrected chi connectivity index (χ3v) is 9.80. The quantitative estimate of drug-likeness (QED) is 0.124. The van der Waals surface area contributed by atoms with Crippen molar-refractivity contribution in [3.8, 4) is 0 Å². The van der Waals surface area contributed by atoms with Crippen LogP contribution in [0.5, 0.6) is 0 Å². The number of hydrogen-bond donors (Lipinski definition) is 1. The van der Waals surface area contributed by atoms with Crippen LogP contribution in [0.25, 0.3) is 16.6 Å². The maximum atomic E-state index is 12.6. The number of hydrogen-bond acceptors (Lipinski definition) is 6. The van der Waals surface area contributed by atoms with E-state index in [2.05, 4.69) is 40.8 Å². The van der Waals surface area contributed by atoms with Gasteiger partial charge in [-0.2, -0.15) is 0 Å². The minimum atomic E-state index is -0.391. The Balaban J connectivity index is 1.89. The van der Waals surface area contributed by atoms with Gasteiger partial charge in [0, 0.05) is 32.2 Å². The zero-order valence-electron chi connectivity index (χ0n) is 25.5. The predicted octanol–water partition coefficient (Wildman–Crippen LogP) is 6.33. The molecule has 1 fully saturated rings. The molecule has 3 rings (SSSR count). The van der Waals surface area contributed by atoms with E-state index < -0.39 is 6.04 Å². The summed E-state index contributed by atoms with van der Waals surface area (Å²) in [6.45, 7) is 13.9. The summed E-state index contributed by atoms with van der Waals surface area (Å²) in [5.41, 5.74) is 4.83. The summed E-state index contributed by atoms with van der Waals surface area (Å²) < 4.78 is 13.0. The van der Waals surface area contributed by atoms with Gasteiger partial charge in [0.25, 0.3) is 0 Å². The molecular formula is C32H48N3O4P. The van der Waals surface area contributed by atoms with Crippen LogP contribution in [0.15, 0.2) is 35.9 Å². The topological polar surface area (TPSA) is 82.5 Å². The van der Waals surface area contributed by atoms with Crippen LogP contribution in [0.4, 0.5) is 0 Å². The second-order valence-corrected chi connectivity index (χ2v) is 13.6. The van der Waals surface area contributed by atoms with E-state index in [1.54, 1.807) is 7.11 Å². The first kappa shape index (κ1) is 32.2. The molecule has 2 atom stereocenters.